The molecule has 26 heavy (non-hydrogen) atoms. The summed E-state index contributed by atoms with van der Waals surface area (Å²) in [6.07, 6.45) is 0.843. The second kappa shape index (κ2) is 11.9. The monoisotopic (exact) mass is 489 g/mol. The summed E-state index contributed by atoms with van der Waals surface area (Å²) in [5.41, 5.74) is 1.88. The maximum Gasteiger partial charge on any atom is 0.191 e. The second-order valence-corrected chi connectivity index (χ2v) is 5.93. The van der Waals surface area contributed by atoms with E-state index in [9.17, 15) is 5.11 Å². The minimum Gasteiger partial charge on any atom is -0.508 e. The highest BCUT2D eigenvalue weighted by atomic mass is 127. The molecule has 0 unspecified atom stereocenters. The Morgan fingerprint density at radius 1 is 1.19 bits per heavy atom. The van der Waals surface area contributed by atoms with Gasteiger partial charge < -0.3 is 20.5 Å². The molecular weight excluding hydrogens is 465 g/mol. The topological polar surface area (TPSA) is 65.9 Å². The average Bonchev–Trinajstić information content (AvgIpc) is 2.61. The average molecular weight is 490 g/mol. The summed E-state index contributed by atoms with van der Waals surface area (Å²) in [6.45, 7) is 3.86. The van der Waals surface area contributed by atoms with Gasteiger partial charge in [-0.3, -0.25) is 0 Å². The number of aliphatic imine (C=N–C) groups is 1. The maximum absolute atomic E-state index is 9.95. The number of methoxy groups -OCH3 is 1. The van der Waals surface area contributed by atoms with E-state index in [1.165, 1.54) is 5.56 Å². The van der Waals surface area contributed by atoms with Gasteiger partial charge in [0.05, 0.1) is 13.7 Å². The predicted molar refractivity (Wildman–Crippen MR) is 118 cm³/mol. The van der Waals surface area contributed by atoms with Crippen LogP contribution in [-0.4, -0.2) is 31.3 Å². The van der Waals surface area contributed by atoms with Gasteiger partial charge in [0.25, 0.3) is 0 Å². The van der Waals surface area contributed by atoms with Gasteiger partial charge in [-0.1, -0.05) is 23.7 Å². The van der Waals surface area contributed by atoms with Gasteiger partial charge >= 0.3 is 0 Å². The highest BCUT2D eigenvalue weighted by molar-refractivity contribution is 14.0. The fourth-order valence-electron chi connectivity index (χ4n) is 2.34. The van der Waals surface area contributed by atoms with E-state index in [-0.39, 0.29) is 29.7 Å². The van der Waals surface area contributed by atoms with Crippen molar-refractivity contribution in [2.75, 3.05) is 20.2 Å². The third-order valence-electron chi connectivity index (χ3n) is 3.63. The molecule has 0 aliphatic rings. The number of halogens is 2. The fourth-order valence-corrected chi connectivity index (χ4v) is 2.55. The number of aromatic hydroxyl groups is 1. The van der Waals surface area contributed by atoms with Crippen LogP contribution in [-0.2, 0) is 13.0 Å². The first-order chi connectivity index (χ1) is 12.1. The number of benzene rings is 2. The van der Waals surface area contributed by atoms with E-state index in [2.05, 4.69) is 15.6 Å². The van der Waals surface area contributed by atoms with Crippen LogP contribution >= 0.6 is 35.6 Å². The molecule has 0 aromatic heterocycles. The molecule has 0 radical (unpaired) electrons. The van der Waals surface area contributed by atoms with E-state index in [4.69, 9.17) is 16.3 Å². The number of rotatable bonds is 7. The van der Waals surface area contributed by atoms with Crippen molar-refractivity contribution in [3.8, 4) is 11.5 Å². The zero-order chi connectivity index (χ0) is 18.1. The van der Waals surface area contributed by atoms with Crippen molar-refractivity contribution in [3.63, 3.8) is 0 Å². The molecule has 2 aromatic rings. The number of phenols is 1. The van der Waals surface area contributed by atoms with Crippen LogP contribution in [0.5, 0.6) is 11.5 Å². The third-order valence-corrected chi connectivity index (χ3v) is 3.87. The van der Waals surface area contributed by atoms with Crippen LogP contribution in [0.2, 0.25) is 5.02 Å². The van der Waals surface area contributed by atoms with Crippen molar-refractivity contribution >= 4 is 41.5 Å². The zero-order valence-electron chi connectivity index (χ0n) is 15.0. The van der Waals surface area contributed by atoms with Crippen molar-refractivity contribution in [1.82, 2.24) is 10.6 Å². The summed E-state index contributed by atoms with van der Waals surface area (Å²) >= 11 is 6.00. The summed E-state index contributed by atoms with van der Waals surface area (Å²) in [7, 11) is 1.60. The highest BCUT2D eigenvalue weighted by Crippen LogP contribution is 2.23. The van der Waals surface area contributed by atoms with E-state index < -0.39 is 0 Å². The van der Waals surface area contributed by atoms with Crippen molar-refractivity contribution < 1.29 is 9.84 Å². The van der Waals surface area contributed by atoms with E-state index in [0.29, 0.717) is 23.8 Å². The van der Waals surface area contributed by atoms with Crippen LogP contribution in [0.25, 0.3) is 0 Å². The van der Waals surface area contributed by atoms with Gasteiger partial charge in [0, 0.05) is 23.7 Å². The number of guanidine groups is 1. The Morgan fingerprint density at radius 3 is 2.69 bits per heavy atom. The number of hydrogen-bond acceptors (Lipinski definition) is 3. The van der Waals surface area contributed by atoms with E-state index >= 15 is 0 Å². The molecule has 0 bridgehead atoms. The normalized spacial score (nSPS) is 10.8. The van der Waals surface area contributed by atoms with Crippen LogP contribution in [0.15, 0.2) is 47.5 Å². The van der Waals surface area contributed by atoms with Gasteiger partial charge in [-0.2, -0.15) is 0 Å². The lowest BCUT2D eigenvalue weighted by Crippen LogP contribution is -2.38. The SMILES string of the molecule is CCNC(=NCc1cc(OC)ccc1O)NCCc1cccc(Cl)c1.I. The minimum absolute atomic E-state index is 0. The van der Waals surface area contributed by atoms with Crippen LogP contribution in [0.4, 0.5) is 0 Å². The van der Waals surface area contributed by atoms with Gasteiger partial charge in [-0.25, -0.2) is 4.99 Å². The molecule has 0 heterocycles. The van der Waals surface area contributed by atoms with Crippen molar-refractivity contribution in [2.45, 2.75) is 19.9 Å². The first-order valence-corrected chi connectivity index (χ1v) is 8.62. The van der Waals surface area contributed by atoms with E-state index in [1.807, 2.05) is 31.2 Å². The summed E-state index contributed by atoms with van der Waals surface area (Å²) < 4.78 is 5.19. The molecule has 0 fully saturated rings. The minimum atomic E-state index is 0. The Balaban J connectivity index is 0.00000338. The first kappa shape index (κ1) is 22.4. The van der Waals surface area contributed by atoms with Gasteiger partial charge in [-0.15, -0.1) is 24.0 Å². The lowest BCUT2D eigenvalue weighted by molar-refractivity contribution is 0.411. The molecule has 0 saturated heterocycles. The van der Waals surface area contributed by atoms with Gasteiger partial charge in [-0.05, 0) is 49.2 Å². The number of phenolic OH excluding ortho intramolecular Hbond substituents is 1. The van der Waals surface area contributed by atoms with Crippen LogP contribution < -0.4 is 15.4 Å². The smallest absolute Gasteiger partial charge is 0.191 e. The number of ether oxygens (including phenoxy) is 1. The molecule has 0 amide bonds. The molecule has 0 saturated carbocycles. The van der Waals surface area contributed by atoms with Crippen molar-refractivity contribution in [3.05, 3.63) is 58.6 Å². The zero-order valence-corrected chi connectivity index (χ0v) is 18.0. The van der Waals surface area contributed by atoms with Gasteiger partial charge in [0.15, 0.2) is 5.96 Å². The van der Waals surface area contributed by atoms with Crippen molar-refractivity contribution in [2.24, 2.45) is 4.99 Å². The third kappa shape index (κ3) is 7.29. The Hall–Kier alpha value is -1.67. The van der Waals surface area contributed by atoms with Crippen LogP contribution in [0.1, 0.15) is 18.1 Å². The van der Waals surface area contributed by atoms with Gasteiger partial charge in [0.2, 0.25) is 0 Å². The number of nitrogens with zero attached hydrogens (tertiary/aromatic N) is 1. The standard InChI is InChI=1S/C19H24ClN3O2.HI/c1-3-21-19(22-10-9-14-5-4-6-16(20)11-14)23-13-15-12-17(25-2)7-8-18(15)24;/h4-8,11-12,24H,3,9-10,13H2,1-2H3,(H2,21,22,23);1H. The molecule has 0 aliphatic carbocycles. The molecule has 7 heteroatoms. The molecule has 2 aromatic carbocycles. The molecular formula is C19H25ClIN3O2. The Kier molecular flexibility index (Phi) is 10.2. The highest BCUT2D eigenvalue weighted by Gasteiger charge is 2.04. The number of hydrogen-bond donors (Lipinski definition) is 3. The van der Waals surface area contributed by atoms with Crippen LogP contribution in [0.3, 0.4) is 0 Å². The Morgan fingerprint density at radius 2 is 2.00 bits per heavy atom. The Labute approximate surface area is 176 Å². The predicted octanol–water partition coefficient (Wildman–Crippen LogP) is 3.97. The van der Waals surface area contributed by atoms with E-state index in [0.717, 1.165) is 24.5 Å². The van der Waals surface area contributed by atoms with E-state index in [1.54, 1.807) is 25.3 Å². The first-order valence-electron chi connectivity index (χ1n) is 8.25. The summed E-state index contributed by atoms with van der Waals surface area (Å²) in [5.74, 6) is 1.60. The second-order valence-electron chi connectivity index (χ2n) is 5.50. The quantitative estimate of drug-likeness (QED) is 0.313. The Bertz CT molecular complexity index is 726. The molecule has 142 valence electrons. The van der Waals surface area contributed by atoms with Crippen molar-refractivity contribution in [1.29, 1.82) is 0 Å². The summed E-state index contributed by atoms with van der Waals surface area (Å²) in [5, 5.41) is 17.2. The molecule has 5 nitrogen and oxygen atoms in total. The lowest BCUT2D eigenvalue weighted by Gasteiger charge is -2.12. The summed E-state index contributed by atoms with van der Waals surface area (Å²) in [4.78, 5) is 4.52. The van der Waals surface area contributed by atoms with Gasteiger partial charge in [0.1, 0.15) is 11.5 Å². The maximum atomic E-state index is 9.95. The molecule has 0 spiro atoms. The van der Waals surface area contributed by atoms with Crippen LogP contribution in [0, 0.1) is 0 Å². The molecule has 2 rings (SSSR count). The fraction of sp³-hybridized carbons (Fsp3) is 0.316. The summed E-state index contributed by atoms with van der Waals surface area (Å²) in [6, 6.07) is 12.9. The largest absolute Gasteiger partial charge is 0.508 e. The molecule has 3 N–H and O–H groups in total. The molecule has 0 aliphatic heterocycles. The number of nitrogens with one attached hydrogen (secondary N) is 2. The molecule has 0 atom stereocenters. The lowest BCUT2D eigenvalue weighted by atomic mass is 10.1.